The van der Waals surface area contributed by atoms with Gasteiger partial charge in [-0.25, -0.2) is 4.79 Å². The number of rotatable bonds is 7. The van der Waals surface area contributed by atoms with E-state index >= 15 is 0 Å². The number of aromatic nitrogens is 3. The molecule has 0 unspecified atom stereocenters. The molecule has 0 spiro atoms. The van der Waals surface area contributed by atoms with Gasteiger partial charge in [0.1, 0.15) is 5.52 Å². The van der Waals surface area contributed by atoms with E-state index in [-0.39, 0.29) is 24.4 Å². The van der Waals surface area contributed by atoms with E-state index in [2.05, 4.69) is 41.0 Å². The van der Waals surface area contributed by atoms with Gasteiger partial charge in [-0.1, -0.05) is 54.1 Å². The van der Waals surface area contributed by atoms with Crippen LogP contribution >= 0.6 is 11.6 Å². The molecule has 0 amide bonds. The van der Waals surface area contributed by atoms with Gasteiger partial charge in [-0.3, -0.25) is 13.9 Å². The first-order chi connectivity index (χ1) is 17.5. The van der Waals surface area contributed by atoms with Gasteiger partial charge in [-0.2, -0.15) is 0 Å². The smallest absolute Gasteiger partial charge is 0.331 e. The normalized spacial score (nSPS) is 18.1. The van der Waals surface area contributed by atoms with E-state index in [9.17, 15) is 14.7 Å². The highest BCUT2D eigenvalue weighted by atomic mass is 35.5. The summed E-state index contributed by atoms with van der Waals surface area (Å²) >= 11 is 6.12. The summed E-state index contributed by atoms with van der Waals surface area (Å²) in [4.78, 5) is 26.7. The van der Waals surface area contributed by atoms with E-state index in [0.29, 0.717) is 40.9 Å². The summed E-state index contributed by atoms with van der Waals surface area (Å²) in [5, 5.41) is 9.97. The lowest BCUT2D eigenvalue weighted by Gasteiger charge is -2.29. The Morgan fingerprint density at radius 2 is 1.58 bits per heavy atom. The minimum absolute atomic E-state index is 0.0741. The zero-order valence-electron chi connectivity index (χ0n) is 20.6. The minimum Gasteiger partial charge on any atom is -0.396 e. The molecule has 1 aliphatic rings. The first-order valence-electron chi connectivity index (χ1n) is 12.7. The van der Waals surface area contributed by atoms with E-state index in [1.165, 1.54) is 10.1 Å². The Labute approximate surface area is 215 Å². The Morgan fingerprint density at radius 3 is 2.25 bits per heavy atom. The number of aliphatic hydroxyl groups is 1. The van der Waals surface area contributed by atoms with Crippen molar-refractivity contribution in [3.05, 3.63) is 103 Å². The molecule has 36 heavy (non-hydrogen) atoms. The van der Waals surface area contributed by atoms with Crippen molar-refractivity contribution in [3.63, 3.8) is 0 Å². The molecule has 2 aromatic carbocycles. The fraction of sp³-hybridized carbons (Fsp3) is 0.379. The number of nitrogens with zero attached hydrogens (tertiary/aromatic N) is 3. The van der Waals surface area contributed by atoms with Gasteiger partial charge < -0.3 is 9.67 Å². The lowest BCUT2D eigenvalue weighted by Crippen LogP contribution is -2.39. The summed E-state index contributed by atoms with van der Waals surface area (Å²) in [6.45, 7) is 0.652. The zero-order chi connectivity index (χ0) is 25.2. The zero-order valence-corrected chi connectivity index (χ0v) is 21.3. The summed E-state index contributed by atoms with van der Waals surface area (Å²) in [6.07, 6.45) is 4.61. The molecule has 1 aliphatic carbocycles. The summed E-state index contributed by atoms with van der Waals surface area (Å²) < 4.78 is 4.95. The van der Waals surface area contributed by atoms with Crippen molar-refractivity contribution in [2.75, 3.05) is 6.61 Å². The van der Waals surface area contributed by atoms with Crippen LogP contribution in [0.15, 0.2) is 70.3 Å². The van der Waals surface area contributed by atoms with Gasteiger partial charge in [0.2, 0.25) is 0 Å². The van der Waals surface area contributed by atoms with Gasteiger partial charge >= 0.3 is 5.69 Å². The van der Waals surface area contributed by atoms with E-state index in [1.807, 2.05) is 24.3 Å². The van der Waals surface area contributed by atoms with E-state index in [4.69, 9.17) is 11.6 Å². The fourth-order valence-electron chi connectivity index (χ4n) is 5.69. The monoisotopic (exact) mass is 505 g/mol. The van der Waals surface area contributed by atoms with Crippen molar-refractivity contribution in [2.45, 2.75) is 57.0 Å². The summed E-state index contributed by atoms with van der Waals surface area (Å²) in [5.41, 5.74) is 4.13. The van der Waals surface area contributed by atoms with Crippen molar-refractivity contribution in [1.29, 1.82) is 0 Å². The first kappa shape index (κ1) is 24.6. The largest absolute Gasteiger partial charge is 0.396 e. The van der Waals surface area contributed by atoms with Gasteiger partial charge in [0.05, 0.1) is 5.52 Å². The predicted octanol–water partition coefficient (Wildman–Crippen LogP) is 5.03. The molecule has 2 heterocycles. The van der Waals surface area contributed by atoms with Crippen LogP contribution in [-0.2, 0) is 20.1 Å². The Balaban J connectivity index is 1.58. The summed E-state index contributed by atoms with van der Waals surface area (Å²) in [7, 11) is 1.72. The molecule has 0 atom stereocenters. The Bertz CT molecular complexity index is 1460. The maximum Gasteiger partial charge on any atom is 0.331 e. The molecule has 0 aliphatic heterocycles. The predicted molar refractivity (Wildman–Crippen MR) is 144 cm³/mol. The quantitative estimate of drug-likeness (QED) is 0.383. The van der Waals surface area contributed by atoms with Crippen molar-refractivity contribution in [1.82, 2.24) is 13.7 Å². The number of aryl methyl sites for hydroxylation is 1. The van der Waals surface area contributed by atoms with Crippen LogP contribution in [0.2, 0.25) is 5.02 Å². The first-order valence-corrected chi connectivity index (χ1v) is 13.1. The van der Waals surface area contributed by atoms with E-state index in [1.54, 1.807) is 11.6 Å². The third-order valence-corrected chi connectivity index (χ3v) is 7.90. The standard InChI is InChI=1S/C29H32ClN3O3/c1-31-26-18-25(23-12-10-22(11-13-23)21-6-3-2-4-7-21)33(19-20-8-14-24(30)15-9-20)27(26)28(35)32(29(31)36)16-5-17-34/h2-4,6-9,14-15,18,22-23,34H,5,10-13,16-17,19H2,1H3. The molecule has 1 saturated carbocycles. The number of hydrogen-bond donors (Lipinski definition) is 1. The fourth-order valence-corrected chi connectivity index (χ4v) is 5.81. The van der Waals surface area contributed by atoms with Crippen molar-refractivity contribution >= 4 is 22.6 Å². The third kappa shape index (κ3) is 4.67. The van der Waals surface area contributed by atoms with Gasteiger partial charge in [0.25, 0.3) is 5.56 Å². The second-order valence-corrected chi connectivity index (χ2v) is 10.3. The third-order valence-electron chi connectivity index (χ3n) is 7.65. The summed E-state index contributed by atoms with van der Waals surface area (Å²) in [6, 6.07) is 20.4. The van der Waals surface area contributed by atoms with Crippen LogP contribution < -0.4 is 11.2 Å². The number of aliphatic hydroxyl groups excluding tert-OH is 1. The molecule has 0 saturated heterocycles. The van der Waals surface area contributed by atoms with Crippen LogP contribution in [0.4, 0.5) is 0 Å². The van der Waals surface area contributed by atoms with Crippen LogP contribution in [0.5, 0.6) is 0 Å². The molecule has 0 bridgehead atoms. The van der Waals surface area contributed by atoms with Crippen LogP contribution in [0.25, 0.3) is 11.0 Å². The number of fused-ring (bicyclic) bond motifs is 1. The molecule has 5 rings (SSSR count). The highest BCUT2D eigenvalue weighted by molar-refractivity contribution is 6.30. The second-order valence-electron chi connectivity index (χ2n) is 9.85. The minimum atomic E-state index is -0.344. The molecule has 0 radical (unpaired) electrons. The molecular weight excluding hydrogens is 474 g/mol. The van der Waals surface area contributed by atoms with Gasteiger partial charge in [-0.05, 0) is 73.3 Å². The molecule has 188 valence electrons. The summed E-state index contributed by atoms with van der Waals surface area (Å²) in [5.74, 6) is 0.863. The van der Waals surface area contributed by atoms with E-state index in [0.717, 1.165) is 36.9 Å². The van der Waals surface area contributed by atoms with E-state index < -0.39 is 0 Å². The van der Waals surface area contributed by atoms with Crippen molar-refractivity contribution in [3.8, 4) is 0 Å². The maximum atomic E-state index is 13.6. The lowest BCUT2D eigenvalue weighted by molar-refractivity contribution is 0.277. The van der Waals surface area contributed by atoms with Gasteiger partial charge in [0, 0.05) is 37.5 Å². The lowest BCUT2D eigenvalue weighted by atomic mass is 9.77. The molecule has 7 heteroatoms. The highest BCUT2D eigenvalue weighted by Crippen LogP contribution is 2.41. The highest BCUT2D eigenvalue weighted by Gasteiger charge is 2.28. The topological polar surface area (TPSA) is 69.2 Å². The number of halogens is 1. The van der Waals surface area contributed by atoms with Crippen LogP contribution in [0, 0.1) is 0 Å². The molecular formula is C29H32ClN3O3. The Morgan fingerprint density at radius 1 is 0.917 bits per heavy atom. The van der Waals surface area contributed by atoms with Crippen molar-refractivity contribution in [2.24, 2.45) is 7.05 Å². The average Bonchev–Trinajstić information content (AvgIpc) is 3.29. The molecule has 2 aromatic heterocycles. The van der Waals surface area contributed by atoms with Crippen molar-refractivity contribution < 1.29 is 5.11 Å². The molecule has 6 nitrogen and oxygen atoms in total. The molecule has 1 fully saturated rings. The Kier molecular flexibility index (Phi) is 7.17. The average molecular weight is 506 g/mol. The number of hydrogen-bond acceptors (Lipinski definition) is 3. The van der Waals surface area contributed by atoms with Crippen LogP contribution in [-0.4, -0.2) is 25.4 Å². The second kappa shape index (κ2) is 10.5. The molecule has 1 N–H and O–H groups in total. The maximum absolute atomic E-state index is 13.6. The van der Waals surface area contributed by atoms with Gasteiger partial charge in [0.15, 0.2) is 0 Å². The number of benzene rings is 2. The molecule has 4 aromatic rings. The SMILES string of the molecule is Cn1c(=O)n(CCCO)c(=O)c2c1cc(C1CCC(c3ccccc3)CC1)n2Cc1ccc(Cl)cc1. The van der Waals surface area contributed by atoms with Crippen LogP contribution in [0.3, 0.4) is 0 Å². The Hall–Kier alpha value is -3.09. The van der Waals surface area contributed by atoms with Gasteiger partial charge in [-0.15, -0.1) is 0 Å². The van der Waals surface area contributed by atoms with Crippen LogP contribution in [0.1, 0.15) is 60.8 Å².